The Kier molecular flexibility index (Phi) is 3.90. The van der Waals surface area contributed by atoms with Crippen LogP contribution in [0, 0.1) is 6.92 Å². The van der Waals surface area contributed by atoms with Gasteiger partial charge in [0.25, 0.3) is 5.91 Å². The van der Waals surface area contributed by atoms with Crippen LogP contribution >= 0.6 is 11.3 Å². The smallest absolute Gasteiger partial charge is 0.273 e. The molecule has 3 aromatic rings. The highest BCUT2D eigenvalue weighted by molar-refractivity contribution is 7.15. The van der Waals surface area contributed by atoms with Gasteiger partial charge in [0.15, 0.2) is 5.69 Å². The number of amides is 1. The van der Waals surface area contributed by atoms with Crippen LogP contribution in [0.25, 0.3) is 10.6 Å². The molecule has 1 saturated carbocycles. The Morgan fingerprint density at radius 1 is 1.33 bits per heavy atom. The highest BCUT2D eigenvalue weighted by Gasteiger charge is 2.28. The number of thiazole rings is 1. The molecule has 0 aliphatic heterocycles. The molecule has 0 bridgehead atoms. The maximum absolute atomic E-state index is 12.2. The number of nitrogens with one attached hydrogen (secondary N) is 1. The number of nitrogens with zero attached hydrogens (tertiary/aromatic N) is 2. The summed E-state index contributed by atoms with van der Waals surface area (Å²) in [7, 11) is 0. The highest BCUT2D eigenvalue weighted by Crippen LogP contribution is 2.40. The normalized spacial score (nSPS) is 13.9. The second-order valence-corrected chi connectivity index (χ2v) is 7.05. The number of hydrogen-bond donors (Lipinski definition) is 1. The average Bonchev–Trinajstić information content (AvgIpc) is 3.22. The number of hydrogen-bond acceptors (Lipinski definition) is 5. The lowest BCUT2D eigenvalue weighted by molar-refractivity contribution is 0.0942. The van der Waals surface area contributed by atoms with Crippen LogP contribution in [0.5, 0.6) is 0 Å². The van der Waals surface area contributed by atoms with E-state index in [1.165, 1.54) is 0 Å². The van der Waals surface area contributed by atoms with Crippen molar-refractivity contribution in [1.29, 1.82) is 0 Å². The van der Waals surface area contributed by atoms with Gasteiger partial charge in [-0.3, -0.25) is 4.79 Å². The van der Waals surface area contributed by atoms with Gasteiger partial charge in [0, 0.05) is 22.4 Å². The molecule has 0 radical (unpaired) electrons. The topological polar surface area (TPSA) is 68.0 Å². The van der Waals surface area contributed by atoms with Gasteiger partial charge in [0.1, 0.15) is 10.8 Å². The zero-order chi connectivity index (χ0) is 16.5. The van der Waals surface area contributed by atoms with Crippen molar-refractivity contribution in [3.63, 3.8) is 0 Å². The van der Waals surface area contributed by atoms with Gasteiger partial charge in [0.05, 0.1) is 12.2 Å². The Balaban J connectivity index is 1.43. The molecule has 6 heteroatoms. The van der Waals surface area contributed by atoms with E-state index in [4.69, 9.17) is 4.52 Å². The minimum Gasteiger partial charge on any atom is -0.360 e. The second kappa shape index (κ2) is 6.20. The van der Waals surface area contributed by atoms with Gasteiger partial charge in [-0.05, 0) is 19.8 Å². The molecule has 2 heterocycles. The van der Waals surface area contributed by atoms with Crippen LogP contribution in [-0.4, -0.2) is 16.0 Å². The van der Waals surface area contributed by atoms with Gasteiger partial charge in [-0.2, -0.15) is 0 Å². The quantitative estimate of drug-likeness (QED) is 0.765. The van der Waals surface area contributed by atoms with Gasteiger partial charge in [-0.1, -0.05) is 35.5 Å². The summed E-state index contributed by atoms with van der Waals surface area (Å²) in [5, 5.41) is 7.74. The minimum absolute atomic E-state index is 0.209. The monoisotopic (exact) mass is 339 g/mol. The molecule has 2 aromatic heterocycles. The molecule has 0 saturated heterocycles. The number of aryl methyl sites for hydroxylation is 1. The predicted molar refractivity (Wildman–Crippen MR) is 91.9 cm³/mol. The standard InChI is InChI=1S/C18H17N3O2S/c1-11-16(24-18(20-11)13-5-3-2-4-6-13)10-19-17(22)14-9-15(23-21-14)12-7-8-12/h2-6,9,12H,7-8,10H2,1H3,(H,19,22). The summed E-state index contributed by atoms with van der Waals surface area (Å²) in [5.74, 6) is 1.07. The molecule has 1 aliphatic rings. The fourth-order valence-corrected chi connectivity index (χ4v) is 3.51. The molecular weight excluding hydrogens is 322 g/mol. The lowest BCUT2D eigenvalue weighted by atomic mass is 10.2. The van der Waals surface area contributed by atoms with Crippen molar-refractivity contribution in [3.8, 4) is 10.6 Å². The summed E-state index contributed by atoms with van der Waals surface area (Å²) < 4.78 is 5.23. The van der Waals surface area contributed by atoms with Crippen LogP contribution in [0.3, 0.4) is 0 Å². The maximum atomic E-state index is 12.2. The maximum Gasteiger partial charge on any atom is 0.273 e. The summed E-state index contributed by atoms with van der Waals surface area (Å²) in [5.41, 5.74) is 2.38. The molecule has 1 fully saturated rings. The summed E-state index contributed by atoms with van der Waals surface area (Å²) in [6, 6.07) is 11.8. The molecule has 0 atom stereocenters. The largest absolute Gasteiger partial charge is 0.360 e. The fourth-order valence-electron chi connectivity index (χ4n) is 2.50. The van der Waals surface area contributed by atoms with E-state index in [1.54, 1.807) is 17.4 Å². The summed E-state index contributed by atoms with van der Waals surface area (Å²) >= 11 is 1.60. The van der Waals surface area contributed by atoms with Gasteiger partial charge < -0.3 is 9.84 Å². The minimum atomic E-state index is -0.209. The Hall–Kier alpha value is -2.47. The summed E-state index contributed by atoms with van der Waals surface area (Å²) in [6.45, 7) is 2.41. The Morgan fingerprint density at radius 3 is 2.88 bits per heavy atom. The summed E-state index contributed by atoms with van der Waals surface area (Å²) in [6.07, 6.45) is 2.25. The van der Waals surface area contributed by atoms with Crippen LogP contribution in [0.15, 0.2) is 40.9 Å². The number of aromatic nitrogens is 2. The zero-order valence-corrected chi connectivity index (χ0v) is 14.1. The van der Waals surface area contributed by atoms with Crippen LogP contribution in [0.2, 0.25) is 0 Å². The number of carbonyl (C=O) groups excluding carboxylic acids is 1. The number of rotatable bonds is 5. The molecule has 0 unspecified atom stereocenters. The Labute approximate surface area is 143 Å². The fraction of sp³-hybridized carbons (Fsp3) is 0.278. The average molecular weight is 339 g/mol. The van der Waals surface area contributed by atoms with E-state index in [-0.39, 0.29) is 5.91 Å². The molecule has 1 aliphatic carbocycles. The van der Waals surface area contributed by atoms with E-state index < -0.39 is 0 Å². The molecule has 1 aromatic carbocycles. The van der Waals surface area contributed by atoms with Gasteiger partial charge in [-0.25, -0.2) is 4.98 Å². The van der Waals surface area contributed by atoms with E-state index in [0.717, 1.165) is 39.7 Å². The van der Waals surface area contributed by atoms with Crippen LogP contribution in [-0.2, 0) is 6.54 Å². The Bertz CT molecular complexity index is 866. The molecule has 1 amide bonds. The van der Waals surface area contributed by atoms with E-state index in [9.17, 15) is 4.79 Å². The van der Waals surface area contributed by atoms with Gasteiger partial charge >= 0.3 is 0 Å². The summed E-state index contributed by atoms with van der Waals surface area (Å²) in [4.78, 5) is 17.9. The molecule has 0 spiro atoms. The number of carbonyl (C=O) groups is 1. The first-order chi connectivity index (χ1) is 11.7. The van der Waals surface area contributed by atoms with E-state index in [0.29, 0.717) is 18.2 Å². The van der Waals surface area contributed by atoms with Crippen molar-refractivity contribution in [2.75, 3.05) is 0 Å². The molecule has 5 nitrogen and oxygen atoms in total. The molecule has 122 valence electrons. The van der Waals surface area contributed by atoms with Crippen molar-refractivity contribution in [1.82, 2.24) is 15.5 Å². The lowest BCUT2D eigenvalue weighted by Gasteiger charge is -2.00. The SMILES string of the molecule is Cc1nc(-c2ccccc2)sc1CNC(=O)c1cc(C2CC2)on1. The van der Waals surface area contributed by atoms with Gasteiger partial charge in [-0.15, -0.1) is 11.3 Å². The van der Waals surface area contributed by atoms with Crippen LogP contribution in [0.4, 0.5) is 0 Å². The highest BCUT2D eigenvalue weighted by atomic mass is 32.1. The molecular formula is C18H17N3O2S. The third-order valence-electron chi connectivity index (χ3n) is 4.06. The second-order valence-electron chi connectivity index (χ2n) is 5.97. The Morgan fingerprint density at radius 2 is 2.12 bits per heavy atom. The van der Waals surface area contributed by atoms with Crippen LogP contribution in [0.1, 0.15) is 45.6 Å². The number of benzene rings is 1. The first-order valence-corrected chi connectivity index (χ1v) is 8.79. The molecule has 1 N–H and O–H groups in total. The van der Waals surface area contributed by atoms with E-state index in [2.05, 4.69) is 15.5 Å². The van der Waals surface area contributed by atoms with Crippen molar-refractivity contribution in [3.05, 3.63) is 58.4 Å². The van der Waals surface area contributed by atoms with E-state index >= 15 is 0 Å². The van der Waals surface area contributed by atoms with Gasteiger partial charge in [0.2, 0.25) is 0 Å². The van der Waals surface area contributed by atoms with Crippen molar-refractivity contribution in [2.24, 2.45) is 0 Å². The first-order valence-electron chi connectivity index (χ1n) is 7.97. The third-order valence-corrected chi connectivity index (χ3v) is 5.27. The van der Waals surface area contributed by atoms with Crippen molar-refractivity contribution in [2.45, 2.75) is 32.2 Å². The predicted octanol–water partition coefficient (Wildman–Crippen LogP) is 3.91. The van der Waals surface area contributed by atoms with Crippen molar-refractivity contribution < 1.29 is 9.32 Å². The third kappa shape index (κ3) is 3.10. The first kappa shape index (κ1) is 15.1. The van der Waals surface area contributed by atoms with E-state index in [1.807, 2.05) is 37.3 Å². The van der Waals surface area contributed by atoms with Crippen molar-refractivity contribution >= 4 is 17.2 Å². The van der Waals surface area contributed by atoms with Crippen LogP contribution < -0.4 is 5.32 Å². The molecule has 4 rings (SSSR count). The molecule has 24 heavy (non-hydrogen) atoms. The zero-order valence-electron chi connectivity index (χ0n) is 13.3. The lowest BCUT2D eigenvalue weighted by Crippen LogP contribution is -2.22.